The van der Waals surface area contributed by atoms with E-state index in [2.05, 4.69) is 32.7 Å². The van der Waals surface area contributed by atoms with E-state index in [1.165, 1.54) is 0 Å². The van der Waals surface area contributed by atoms with Crippen molar-refractivity contribution in [2.45, 2.75) is 19.4 Å². The van der Waals surface area contributed by atoms with Crippen molar-refractivity contribution in [1.29, 1.82) is 0 Å². The summed E-state index contributed by atoms with van der Waals surface area (Å²) in [6.07, 6.45) is 2.82. The molecular formula is C11H15BrClN3. The van der Waals surface area contributed by atoms with Gasteiger partial charge < -0.3 is 10.6 Å². The second-order valence-electron chi connectivity index (χ2n) is 4.30. The first kappa shape index (κ1) is 12.1. The van der Waals surface area contributed by atoms with Crippen LogP contribution < -0.4 is 10.6 Å². The van der Waals surface area contributed by atoms with Gasteiger partial charge in [-0.2, -0.15) is 0 Å². The maximum absolute atomic E-state index is 5.88. The topological polar surface area (TPSA) is 42.1 Å². The average Bonchev–Trinajstić information content (AvgIpc) is 2.60. The van der Waals surface area contributed by atoms with Gasteiger partial charge in [0.05, 0.1) is 9.50 Å². The smallest absolute Gasteiger partial charge is 0.143 e. The number of pyridine rings is 1. The third-order valence-corrected chi connectivity index (χ3v) is 3.85. The second kappa shape index (κ2) is 4.90. The molecule has 0 spiro atoms. The van der Waals surface area contributed by atoms with Crippen LogP contribution in [0.4, 0.5) is 5.82 Å². The molecule has 16 heavy (non-hydrogen) atoms. The van der Waals surface area contributed by atoms with E-state index in [1.54, 1.807) is 6.20 Å². The molecular weight excluding hydrogens is 289 g/mol. The Hall–Kier alpha value is -0.320. The predicted molar refractivity (Wildman–Crippen MR) is 70.9 cm³/mol. The molecule has 0 radical (unpaired) electrons. The quantitative estimate of drug-likeness (QED) is 0.913. The van der Waals surface area contributed by atoms with Gasteiger partial charge in [-0.25, -0.2) is 4.98 Å². The number of hydrogen-bond donors (Lipinski definition) is 1. The van der Waals surface area contributed by atoms with Gasteiger partial charge in [-0.15, -0.1) is 0 Å². The fourth-order valence-corrected chi connectivity index (χ4v) is 3.09. The monoisotopic (exact) mass is 303 g/mol. The number of anilines is 1. The molecule has 0 bridgehead atoms. The van der Waals surface area contributed by atoms with Gasteiger partial charge in [-0.05, 0) is 47.8 Å². The molecule has 0 aliphatic carbocycles. The number of aromatic nitrogens is 1. The molecule has 2 heterocycles. The van der Waals surface area contributed by atoms with Gasteiger partial charge in [-0.1, -0.05) is 11.6 Å². The summed E-state index contributed by atoms with van der Waals surface area (Å²) in [5, 5.41) is 0.651. The number of rotatable bonds is 2. The molecule has 0 aromatic carbocycles. The van der Waals surface area contributed by atoms with Crippen molar-refractivity contribution in [3.8, 4) is 0 Å². The fraction of sp³-hybridized carbons (Fsp3) is 0.545. The average molecular weight is 305 g/mol. The van der Waals surface area contributed by atoms with Crippen molar-refractivity contribution < 1.29 is 0 Å². The third kappa shape index (κ3) is 2.34. The molecule has 3 nitrogen and oxygen atoms in total. The largest absolute Gasteiger partial charge is 0.353 e. The Labute approximate surface area is 109 Å². The lowest BCUT2D eigenvalue weighted by Gasteiger charge is -2.23. The molecule has 1 aromatic rings. The Morgan fingerprint density at radius 1 is 1.69 bits per heavy atom. The van der Waals surface area contributed by atoms with Crippen LogP contribution in [0.3, 0.4) is 0 Å². The summed E-state index contributed by atoms with van der Waals surface area (Å²) in [5.74, 6) is 1.53. The zero-order chi connectivity index (χ0) is 11.7. The lowest BCUT2D eigenvalue weighted by Crippen LogP contribution is -2.28. The summed E-state index contributed by atoms with van der Waals surface area (Å²) in [6, 6.07) is 2.37. The Morgan fingerprint density at radius 3 is 3.00 bits per heavy atom. The van der Waals surface area contributed by atoms with Crippen LogP contribution in [0.1, 0.15) is 13.3 Å². The van der Waals surface area contributed by atoms with Crippen LogP contribution in [0.15, 0.2) is 16.7 Å². The highest BCUT2D eigenvalue weighted by Crippen LogP contribution is 2.33. The molecule has 2 rings (SSSR count). The Kier molecular flexibility index (Phi) is 3.72. The predicted octanol–water partition coefficient (Wildman–Crippen LogP) is 2.67. The van der Waals surface area contributed by atoms with Crippen molar-refractivity contribution in [3.63, 3.8) is 0 Å². The maximum atomic E-state index is 5.88. The molecule has 1 saturated heterocycles. The Balaban J connectivity index is 2.24. The first-order valence-corrected chi connectivity index (χ1v) is 6.56. The van der Waals surface area contributed by atoms with E-state index in [4.69, 9.17) is 17.3 Å². The zero-order valence-corrected chi connectivity index (χ0v) is 11.5. The van der Waals surface area contributed by atoms with Crippen LogP contribution in [0.25, 0.3) is 0 Å². The highest BCUT2D eigenvalue weighted by molar-refractivity contribution is 9.10. The highest BCUT2D eigenvalue weighted by Gasteiger charge is 2.30. The van der Waals surface area contributed by atoms with Gasteiger partial charge >= 0.3 is 0 Å². The minimum absolute atomic E-state index is 0.485. The minimum Gasteiger partial charge on any atom is -0.353 e. The van der Waals surface area contributed by atoms with Gasteiger partial charge in [0.2, 0.25) is 0 Å². The molecule has 2 atom stereocenters. The minimum atomic E-state index is 0.485. The fourth-order valence-electron chi connectivity index (χ4n) is 2.23. The molecule has 2 unspecified atom stereocenters. The molecule has 1 aliphatic heterocycles. The van der Waals surface area contributed by atoms with E-state index in [0.29, 0.717) is 17.0 Å². The molecule has 0 amide bonds. The Bertz CT molecular complexity index is 385. The summed E-state index contributed by atoms with van der Waals surface area (Å²) in [6.45, 7) is 3.93. The molecule has 88 valence electrons. The standard InChI is InChI=1S/C11H15BrClN3/c1-7-2-8(4-14)6-16(7)11-10(12)3-9(13)5-15-11/h3,5,7-8H,2,4,6,14H2,1H3. The van der Waals surface area contributed by atoms with Crippen molar-refractivity contribution in [1.82, 2.24) is 4.98 Å². The van der Waals surface area contributed by atoms with Gasteiger partial charge in [0.15, 0.2) is 0 Å². The van der Waals surface area contributed by atoms with Crippen LogP contribution >= 0.6 is 27.5 Å². The van der Waals surface area contributed by atoms with Crippen LogP contribution in [0, 0.1) is 5.92 Å². The Morgan fingerprint density at radius 2 is 2.44 bits per heavy atom. The van der Waals surface area contributed by atoms with Gasteiger partial charge in [0, 0.05) is 18.8 Å². The number of hydrogen-bond acceptors (Lipinski definition) is 3. The van der Waals surface area contributed by atoms with Crippen molar-refractivity contribution >= 4 is 33.3 Å². The third-order valence-electron chi connectivity index (χ3n) is 3.06. The van der Waals surface area contributed by atoms with Gasteiger partial charge in [0.25, 0.3) is 0 Å². The van der Waals surface area contributed by atoms with Crippen molar-refractivity contribution in [3.05, 3.63) is 21.8 Å². The summed E-state index contributed by atoms with van der Waals surface area (Å²) in [5.41, 5.74) is 5.72. The molecule has 2 N–H and O–H groups in total. The summed E-state index contributed by atoms with van der Waals surface area (Å²) >= 11 is 9.39. The molecule has 1 aromatic heterocycles. The lowest BCUT2D eigenvalue weighted by atomic mass is 10.1. The van der Waals surface area contributed by atoms with Crippen LogP contribution in [0.2, 0.25) is 5.02 Å². The molecule has 1 fully saturated rings. The van der Waals surface area contributed by atoms with Gasteiger partial charge in [-0.3, -0.25) is 0 Å². The van der Waals surface area contributed by atoms with Crippen LogP contribution in [0.5, 0.6) is 0 Å². The SMILES string of the molecule is CC1CC(CN)CN1c1ncc(Cl)cc1Br. The van der Waals surface area contributed by atoms with Crippen molar-refractivity contribution in [2.24, 2.45) is 11.7 Å². The van der Waals surface area contributed by atoms with E-state index in [0.717, 1.165) is 29.8 Å². The van der Waals surface area contributed by atoms with E-state index in [1.807, 2.05) is 6.07 Å². The summed E-state index contributed by atoms with van der Waals surface area (Å²) in [7, 11) is 0. The lowest BCUT2D eigenvalue weighted by molar-refractivity contribution is 0.579. The highest BCUT2D eigenvalue weighted by atomic mass is 79.9. The van der Waals surface area contributed by atoms with Gasteiger partial charge in [0.1, 0.15) is 5.82 Å². The first-order valence-electron chi connectivity index (χ1n) is 5.39. The number of nitrogens with two attached hydrogens (primary N) is 1. The van der Waals surface area contributed by atoms with E-state index < -0.39 is 0 Å². The van der Waals surface area contributed by atoms with Crippen molar-refractivity contribution in [2.75, 3.05) is 18.0 Å². The van der Waals surface area contributed by atoms with Crippen LogP contribution in [-0.2, 0) is 0 Å². The zero-order valence-electron chi connectivity index (χ0n) is 9.16. The summed E-state index contributed by atoms with van der Waals surface area (Å²) < 4.78 is 0.949. The maximum Gasteiger partial charge on any atom is 0.143 e. The van der Waals surface area contributed by atoms with E-state index in [-0.39, 0.29) is 0 Å². The van der Waals surface area contributed by atoms with E-state index >= 15 is 0 Å². The molecule has 5 heteroatoms. The second-order valence-corrected chi connectivity index (χ2v) is 5.59. The first-order chi connectivity index (χ1) is 7.61. The normalized spacial score (nSPS) is 25.1. The summed E-state index contributed by atoms with van der Waals surface area (Å²) in [4.78, 5) is 6.67. The molecule has 1 aliphatic rings. The number of nitrogens with zero attached hydrogens (tertiary/aromatic N) is 2. The molecule has 0 saturated carbocycles. The van der Waals surface area contributed by atoms with Crippen LogP contribution in [-0.4, -0.2) is 24.1 Å². The number of halogens is 2. The van der Waals surface area contributed by atoms with E-state index in [9.17, 15) is 0 Å².